The Morgan fingerprint density at radius 1 is 1.43 bits per heavy atom. The molecule has 0 aliphatic rings. The zero-order valence-corrected chi connectivity index (χ0v) is 10.5. The Labute approximate surface area is 93.7 Å². The van der Waals surface area contributed by atoms with Crippen molar-refractivity contribution in [3.05, 3.63) is 0 Å². The lowest BCUT2D eigenvalue weighted by Crippen LogP contribution is -2.07. The van der Waals surface area contributed by atoms with E-state index < -0.39 is 0 Å². The van der Waals surface area contributed by atoms with Crippen molar-refractivity contribution in [1.29, 1.82) is 0 Å². The number of thioether (sulfide) groups is 1. The van der Waals surface area contributed by atoms with Gasteiger partial charge < -0.3 is 5.32 Å². The first-order valence-electron chi connectivity index (χ1n) is 4.92. The highest BCUT2D eigenvalue weighted by atomic mass is 32.2. The highest BCUT2D eigenvalue weighted by molar-refractivity contribution is 8.01. The minimum absolute atomic E-state index is 0.644. The number of nitrogens with one attached hydrogen (secondary N) is 1. The topological polar surface area (TPSA) is 37.8 Å². The maximum atomic E-state index is 4.10. The van der Waals surface area contributed by atoms with Gasteiger partial charge in [-0.25, -0.2) is 0 Å². The van der Waals surface area contributed by atoms with Gasteiger partial charge in [0.15, 0.2) is 4.34 Å². The lowest BCUT2D eigenvalue weighted by Gasteiger charge is -2.03. The normalized spacial score (nSPS) is 10.9. The van der Waals surface area contributed by atoms with Crippen LogP contribution in [0.3, 0.4) is 0 Å². The molecule has 14 heavy (non-hydrogen) atoms. The van der Waals surface area contributed by atoms with Gasteiger partial charge in [-0.3, -0.25) is 0 Å². The maximum absolute atomic E-state index is 4.10. The fourth-order valence-electron chi connectivity index (χ4n) is 0.820. The molecule has 0 aliphatic heterocycles. The molecule has 3 nitrogen and oxygen atoms in total. The van der Waals surface area contributed by atoms with Crippen LogP contribution in [0, 0.1) is 5.92 Å². The van der Waals surface area contributed by atoms with E-state index in [0.29, 0.717) is 5.92 Å². The van der Waals surface area contributed by atoms with Gasteiger partial charge in [0, 0.05) is 12.3 Å². The minimum atomic E-state index is 0.644. The summed E-state index contributed by atoms with van der Waals surface area (Å²) in [4.78, 5) is 0. The molecule has 1 aromatic heterocycles. The van der Waals surface area contributed by atoms with E-state index in [1.54, 1.807) is 23.1 Å². The number of aromatic nitrogens is 2. The number of nitrogens with zero attached hydrogens (tertiary/aromatic N) is 2. The van der Waals surface area contributed by atoms with Crippen LogP contribution >= 0.6 is 23.1 Å². The van der Waals surface area contributed by atoms with E-state index in [4.69, 9.17) is 0 Å². The number of hydrogen-bond donors (Lipinski definition) is 1. The summed E-state index contributed by atoms with van der Waals surface area (Å²) in [6, 6.07) is 0. The molecule has 0 bridgehead atoms. The van der Waals surface area contributed by atoms with Crippen molar-refractivity contribution in [2.75, 3.05) is 17.6 Å². The van der Waals surface area contributed by atoms with E-state index in [1.165, 1.54) is 6.42 Å². The SMILES string of the molecule is CCCSc1nnc(NCC(C)C)s1. The second-order valence-corrected chi connectivity index (χ2v) is 5.82. The summed E-state index contributed by atoms with van der Waals surface area (Å²) in [6.45, 7) is 7.50. The van der Waals surface area contributed by atoms with Crippen molar-refractivity contribution >= 4 is 28.2 Å². The van der Waals surface area contributed by atoms with Gasteiger partial charge in [-0.1, -0.05) is 43.9 Å². The molecule has 0 atom stereocenters. The van der Waals surface area contributed by atoms with Crippen molar-refractivity contribution in [2.45, 2.75) is 31.5 Å². The molecule has 0 unspecified atom stereocenters. The smallest absolute Gasteiger partial charge is 0.206 e. The lowest BCUT2D eigenvalue weighted by atomic mass is 10.2. The Morgan fingerprint density at radius 2 is 2.21 bits per heavy atom. The molecule has 1 heterocycles. The molecule has 80 valence electrons. The third-order valence-electron chi connectivity index (χ3n) is 1.50. The van der Waals surface area contributed by atoms with Crippen LogP contribution in [-0.2, 0) is 0 Å². The molecule has 1 rings (SSSR count). The van der Waals surface area contributed by atoms with Gasteiger partial charge in [0.25, 0.3) is 0 Å². The van der Waals surface area contributed by atoms with Crippen molar-refractivity contribution in [3.8, 4) is 0 Å². The summed E-state index contributed by atoms with van der Waals surface area (Å²) in [6.07, 6.45) is 1.18. The first-order valence-corrected chi connectivity index (χ1v) is 6.72. The molecule has 1 aromatic rings. The van der Waals surface area contributed by atoms with Gasteiger partial charge >= 0.3 is 0 Å². The third kappa shape index (κ3) is 4.28. The van der Waals surface area contributed by atoms with Gasteiger partial charge in [-0.05, 0) is 12.3 Å². The Kier molecular flexibility index (Phi) is 5.25. The molecule has 0 aliphatic carbocycles. The number of rotatable bonds is 6. The monoisotopic (exact) mass is 231 g/mol. The van der Waals surface area contributed by atoms with E-state index in [2.05, 4.69) is 36.3 Å². The first-order chi connectivity index (χ1) is 6.72. The molecule has 0 saturated heterocycles. The van der Waals surface area contributed by atoms with Crippen LogP contribution in [-0.4, -0.2) is 22.5 Å². The second kappa shape index (κ2) is 6.24. The average molecular weight is 231 g/mol. The molecule has 1 N–H and O–H groups in total. The number of anilines is 1. The average Bonchev–Trinajstić information content (AvgIpc) is 2.59. The Balaban J connectivity index is 2.35. The zero-order valence-electron chi connectivity index (χ0n) is 8.91. The standard InChI is InChI=1S/C9H17N3S2/c1-4-5-13-9-12-11-8(14-9)10-6-7(2)3/h7H,4-6H2,1-3H3,(H,10,11). The largest absolute Gasteiger partial charge is 0.360 e. The molecule has 0 aromatic carbocycles. The quantitative estimate of drug-likeness (QED) is 0.763. The molecular weight excluding hydrogens is 214 g/mol. The van der Waals surface area contributed by atoms with Crippen molar-refractivity contribution < 1.29 is 0 Å². The predicted octanol–water partition coefficient (Wildman–Crippen LogP) is 3.11. The Hall–Kier alpha value is -0.290. The van der Waals surface area contributed by atoms with Crippen LogP contribution in [0.4, 0.5) is 5.13 Å². The Bertz CT molecular complexity index is 260. The summed E-state index contributed by atoms with van der Waals surface area (Å²) in [5.41, 5.74) is 0. The van der Waals surface area contributed by atoms with Gasteiger partial charge in [0.1, 0.15) is 0 Å². The van der Waals surface area contributed by atoms with Crippen molar-refractivity contribution in [3.63, 3.8) is 0 Å². The van der Waals surface area contributed by atoms with Crippen LogP contribution < -0.4 is 5.32 Å². The van der Waals surface area contributed by atoms with Gasteiger partial charge in [0.2, 0.25) is 5.13 Å². The van der Waals surface area contributed by atoms with E-state index in [1.807, 2.05) is 0 Å². The molecular formula is C9H17N3S2. The summed E-state index contributed by atoms with van der Waals surface area (Å²) < 4.78 is 1.07. The Morgan fingerprint density at radius 3 is 2.86 bits per heavy atom. The molecule has 0 spiro atoms. The summed E-state index contributed by atoms with van der Waals surface area (Å²) in [5, 5.41) is 12.4. The van der Waals surface area contributed by atoms with Crippen LogP contribution in [0.1, 0.15) is 27.2 Å². The van der Waals surface area contributed by atoms with Crippen LogP contribution in [0.15, 0.2) is 4.34 Å². The molecule has 0 fully saturated rings. The highest BCUT2D eigenvalue weighted by Gasteiger charge is 2.03. The lowest BCUT2D eigenvalue weighted by molar-refractivity contribution is 0.687. The predicted molar refractivity (Wildman–Crippen MR) is 64.3 cm³/mol. The summed E-state index contributed by atoms with van der Waals surface area (Å²) in [5.74, 6) is 1.77. The fourth-order valence-corrected chi connectivity index (χ4v) is 2.50. The molecule has 0 amide bonds. The minimum Gasteiger partial charge on any atom is -0.360 e. The van der Waals surface area contributed by atoms with Crippen molar-refractivity contribution in [1.82, 2.24) is 10.2 Å². The van der Waals surface area contributed by atoms with Crippen LogP contribution in [0.25, 0.3) is 0 Å². The number of hydrogen-bond acceptors (Lipinski definition) is 5. The third-order valence-corrected chi connectivity index (χ3v) is 3.72. The fraction of sp³-hybridized carbons (Fsp3) is 0.778. The molecule has 0 radical (unpaired) electrons. The van der Waals surface area contributed by atoms with Gasteiger partial charge in [0.05, 0.1) is 0 Å². The first kappa shape index (κ1) is 11.8. The van der Waals surface area contributed by atoms with Crippen molar-refractivity contribution in [2.24, 2.45) is 5.92 Å². The van der Waals surface area contributed by atoms with Gasteiger partial charge in [-0.2, -0.15) is 0 Å². The molecule has 5 heteroatoms. The maximum Gasteiger partial charge on any atom is 0.206 e. The van der Waals surface area contributed by atoms with Gasteiger partial charge in [-0.15, -0.1) is 10.2 Å². The summed E-state index contributed by atoms with van der Waals surface area (Å²) >= 11 is 3.42. The molecule has 0 saturated carbocycles. The highest BCUT2D eigenvalue weighted by Crippen LogP contribution is 2.25. The van der Waals surface area contributed by atoms with Crippen LogP contribution in [0.5, 0.6) is 0 Å². The van der Waals surface area contributed by atoms with E-state index in [-0.39, 0.29) is 0 Å². The second-order valence-electron chi connectivity index (χ2n) is 3.50. The van der Waals surface area contributed by atoms with E-state index in [0.717, 1.165) is 21.8 Å². The van der Waals surface area contributed by atoms with E-state index >= 15 is 0 Å². The van der Waals surface area contributed by atoms with Crippen LogP contribution in [0.2, 0.25) is 0 Å². The zero-order chi connectivity index (χ0) is 10.4. The van der Waals surface area contributed by atoms with E-state index in [9.17, 15) is 0 Å². The summed E-state index contributed by atoms with van der Waals surface area (Å²) in [7, 11) is 0.